The van der Waals surface area contributed by atoms with Gasteiger partial charge in [-0.2, -0.15) is 0 Å². The van der Waals surface area contributed by atoms with Crippen molar-refractivity contribution in [3.05, 3.63) is 78.4 Å². The Morgan fingerprint density at radius 3 is 2.41 bits per heavy atom. The quantitative estimate of drug-likeness (QED) is 0.362. The highest BCUT2D eigenvalue weighted by Gasteiger charge is 2.14. The first-order chi connectivity index (χ1) is 13.3. The summed E-state index contributed by atoms with van der Waals surface area (Å²) in [5, 5.41) is 7.51. The zero-order chi connectivity index (χ0) is 18.2. The molecule has 5 rings (SSSR count). The van der Waals surface area contributed by atoms with Gasteiger partial charge in [0.1, 0.15) is 0 Å². The lowest BCUT2D eigenvalue weighted by molar-refractivity contribution is 1.12. The van der Waals surface area contributed by atoms with Crippen molar-refractivity contribution in [2.45, 2.75) is 6.42 Å². The van der Waals surface area contributed by atoms with Gasteiger partial charge in [0, 0.05) is 29.8 Å². The van der Waals surface area contributed by atoms with E-state index >= 15 is 0 Å². The number of benzene rings is 2. The van der Waals surface area contributed by atoms with Crippen LogP contribution in [-0.2, 0) is 6.42 Å². The first-order valence-electron chi connectivity index (χ1n) is 8.63. The smallest absolute Gasteiger partial charge is 0.167 e. The highest BCUT2D eigenvalue weighted by molar-refractivity contribution is 7.80. The lowest BCUT2D eigenvalue weighted by Gasteiger charge is -1.99. The molecule has 6 heteroatoms. The summed E-state index contributed by atoms with van der Waals surface area (Å²) >= 11 is 5.59. The predicted octanol–water partition coefficient (Wildman–Crippen LogP) is 4.46. The van der Waals surface area contributed by atoms with E-state index in [-0.39, 0.29) is 0 Å². The maximum Gasteiger partial charge on any atom is 0.167 e. The Morgan fingerprint density at radius 2 is 1.63 bits per heavy atom. The molecule has 2 aromatic carbocycles. The Morgan fingerprint density at radius 1 is 0.889 bits per heavy atom. The Hall–Kier alpha value is -3.38. The largest absolute Gasteiger partial charge is 0.300 e. The monoisotopic (exact) mass is 369 g/mol. The van der Waals surface area contributed by atoms with Crippen molar-refractivity contribution in [3.8, 4) is 11.3 Å². The number of imidazole rings is 1. The number of hydrogen-bond acceptors (Lipinski definition) is 4. The Bertz CT molecular complexity index is 1260. The van der Waals surface area contributed by atoms with Gasteiger partial charge in [0.05, 0.1) is 27.1 Å². The average molecular weight is 369 g/mol. The Labute approximate surface area is 160 Å². The summed E-state index contributed by atoms with van der Waals surface area (Å²) in [4.78, 5) is 14.2. The standard InChI is InChI=1S/C21H15N5S/c27-19(10-13-4-2-1-3-5-13)21-23-17-11-15-16(12-18(17)24-21)25-26-20(15)14-6-8-22-9-7-14/h1-9,11-12,25-26H,10H2. The van der Waals surface area contributed by atoms with Gasteiger partial charge in [-0.15, -0.1) is 0 Å². The second-order valence-corrected chi connectivity index (χ2v) is 6.87. The molecule has 3 aromatic heterocycles. The van der Waals surface area contributed by atoms with Gasteiger partial charge in [-0.3, -0.25) is 10.1 Å². The van der Waals surface area contributed by atoms with E-state index in [9.17, 15) is 0 Å². The SMILES string of the molecule is S=C(Cc1ccccc1)c1nc2cc3[nH][nH]c(-c4ccncc4)c3cc2n1. The average Bonchev–Trinajstić information content (AvgIpc) is 3.31. The number of rotatable bonds is 4. The maximum absolute atomic E-state index is 5.59. The molecule has 0 aliphatic heterocycles. The molecule has 5 nitrogen and oxygen atoms in total. The molecule has 0 spiro atoms. The van der Waals surface area contributed by atoms with Crippen LogP contribution in [0.5, 0.6) is 0 Å². The molecule has 130 valence electrons. The molecule has 27 heavy (non-hydrogen) atoms. The number of H-pyrrole nitrogens is 2. The van der Waals surface area contributed by atoms with Crippen molar-refractivity contribution < 1.29 is 0 Å². The first-order valence-corrected chi connectivity index (χ1v) is 9.04. The van der Waals surface area contributed by atoms with Crippen LogP contribution in [0.1, 0.15) is 11.4 Å². The van der Waals surface area contributed by atoms with Crippen LogP contribution >= 0.6 is 12.2 Å². The van der Waals surface area contributed by atoms with E-state index in [0.29, 0.717) is 12.2 Å². The minimum Gasteiger partial charge on any atom is -0.300 e. The van der Waals surface area contributed by atoms with Crippen molar-refractivity contribution in [2.24, 2.45) is 0 Å². The fourth-order valence-corrected chi connectivity index (χ4v) is 3.51. The minimum absolute atomic E-state index is 0.631. The van der Waals surface area contributed by atoms with Gasteiger partial charge < -0.3 is 5.10 Å². The molecular weight excluding hydrogens is 354 g/mol. The van der Waals surface area contributed by atoms with Gasteiger partial charge in [0.2, 0.25) is 0 Å². The predicted molar refractivity (Wildman–Crippen MR) is 111 cm³/mol. The van der Waals surface area contributed by atoms with E-state index in [1.54, 1.807) is 12.4 Å². The van der Waals surface area contributed by atoms with E-state index in [2.05, 4.69) is 43.3 Å². The summed E-state index contributed by atoms with van der Waals surface area (Å²) in [6, 6.07) is 18.2. The molecule has 0 aliphatic rings. The van der Waals surface area contributed by atoms with E-state index in [4.69, 9.17) is 12.2 Å². The number of nitrogens with zero attached hydrogens (tertiary/aromatic N) is 3. The molecule has 0 bridgehead atoms. The van der Waals surface area contributed by atoms with Crippen molar-refractivity contribution in [3.63, 3.8) is 0 Å². The van der Waals surface area contributed by atoms with Gasteiger partial charge in [0.15, 0.2) is 5.82 Å². The van der Waals surface area contributed by atoms with Crippen LogP contribution in [-0.4, -0.2) is 30.0 Å². The molecule has 3 heterocycles. The first kappa shape index (κ1) is 15.8. The van der Waals surface area contributed by atoms with Crippen molar-refractivity contribution in [1.82, 2.24) is 25.1 Å². The van der Waals surface area contributed by atoms with E-state index < -0.39 is 0 Å². The van der Waals surface area contributed by atoms with E-state index in [1.165, 1.54) is 0 Å². The number of fused-ring (bicyclic) bond motifs is 2. The van der Waals surface area contributed by atoms with Crippen molar-refractivity contribution in [1.29, 1.82) is 0 Å². The molecule has 0 aliphatic carbocycles. The Kier molecular flexibility index (Phi) is 3.76. The molecule has 2 N–H and O–H groups in total. The number of nitrogens with one attached hydrogen (secondary N) is 2. The fraction of sp³-hybridized carbons (Fsp3) is 0.0476. The van der Waals surface area contributed by atoms with Crippen LogP contribution in [0, 0.1) is 0 Å². The fourth-order valence-electron chi connectivity index (χ4n) is 3.25. The zero-order valence-electron chi connectivity index (χ0n) is 14.3. The van der Waals surface area contributed by atoms with Crippen LogP contribution in [0.15, 0.2) is 67.0 Å². The molecule has 0 unspecified atom stereocenters. The van der Waals surface area contributed by atoms with Gasteiger partial charge >= 0.3 is 0 Å². The third-order valence-corrected chi connectivity index (χ3v) is 4.91. The number of aromatic amines is 2. The number of hydrogen-bond donors (Lipinski definition) is 2. The highest BCUT2D eigenvalue weighted by Crippen LogP contribution is 2.29. The lowest BCUT2D eigenvalue weighted by atomic mass is 10.1. The molecule has 0 radical (unpaired) electrons. The normalized spacial score (nSPS) is 11.3. The summed E-state index contributed by atoms with van der Waals surface area (Å²) in [5.41, 5.74) is 5.90. The van der Waals surface area contributed by atoms with Crippen LogP contribution in [0.3, 0.4) is 0 Å². The summed E-state index contributed by atoms with van der Waals surface area (Å²) in [6.45, 7) is 0. The summed E-state index contributed by atoms with van der Waals surface area (Å²) in [6.07, 6.45) is 4.23. The molecule has 0 atom stereocenters. The van der Waals surface area contributed by atoms with Crippen molar-refractivity contribution in [2.75, 3.05) is 0 Å². The highest BCUT2D eigenvalue weighted by atomic mass is 32.1. The van der Waals surface area contributed by atoms with E-state index in [0.717, 1.165) is 43.6 Å². The summed E-state index contributed by atoms with van der Waals surface area (Å²) in [5.74, 6) is 0.631. The molecule has 5 aromatic rings. The third kappa shape index (κ3) is 2.90. The molecular formula is C21H15N5S. The molecule has 0 amide bonds. The Balaban J connectivity index is 1.55. The zero-order valence-corrected chi connectivity index (χ0v) is 15.1. The van der Waals surface area contributed by atoms with Crippen LogP contribution in [0.4, 0.5) is 0 Å². The van der Waals surface area contributed by atoms with Gasteiger partial charge in [-0.05, 0) is 29.8 Å². The number of aromatic nitrogens is 5. The number of thiocarbonyl (C=S) groups is 1. The van der Waals surface area contributed by atoms with E-state index in [1.807, 2.05) is 36.4 Å². The third-order valence-electron chi connectivity index (χ3n) is 4.58. The second-order valence-electron chi connectivity index (χ2n) is 6.38. The van der Waals surface area contributed by atoms with Crippen molar-refractivity contribution >= 4 is 39.0 Å². The molecule has 0 fully saturated rings. The van der Waals surface area contributed by atoms with Gasteiger partial charge in [-0.25, -0.2) is 9.97 Å². The molecule has 0 saturated carbocycles. The summed E-state index contributed by atoms with van der Waals surface area (Å²) < 4.78 is 0. The topological polar surface area (TPSA) is 70.2 Å². The second kappa shape index (κ2) is 6.41. The lowest BCUT2D eigenvalue weighted by Crippen LogP contribution is -2.03. The minimum atomic E-state index is 0.631. The van der Waals surface area contributed by atoms with Crippen LogP contribution in [0.25, 0.3) is 33.2 Å². The number of pyridine rings is 1. The van der Waals surface area contributed by atoms with Gasteiger partial charge in [-0.1, -0.05) is 42.5 Å². The molecule has 0 saturated heterocycles. The maximum atomic E-state index is 5.59. The van der Waals surface area contributed by atoms with Crippen LogP contribution in [0.2, 0.25) is 0 Å². The summed E-state index contributed by atoms with van der Waals surface area (Å²) in [7, 11) is 0. The van der Waals surface area contributed by atoms with Crippen LogP contribution < -0.4 is 0 Å². The van der Waals surface area contributed by atoms with Gasteiger partial charge in [0.25, 0.3) is 0 Å².